The van der Waals surface area contributed by atoms with Gasteiger partial charge in [-0.3, -0.25) is 9.05 Å². The maximum Gasteiger partial charge on any atom is 0.523 e. The summed E-state index contributed by atoms with van der Waals surface area (Å²) in [5.41, 5.74) is 0. The Hall–Kier alpha value is -0.330. The number of rotatable bonds is 11. The highest BCUT2D eigenvalue weighted by atomic mass is 31.2. The summed E-state index contributed by atoms with van der Waals surface area (Å²) in [4.78, 5) is 0. The summed E-state index contributed by atoms with van der Waals surface area (Å²) in [6.07, 6.45) is -17.7. The first-order chi connectivity index (χ1) is 15.9. The Labute approximate surface area is 196 Å². The predicted octanol–water partition coefficient (Wildman–Crippen LogP) is -3.46. The van der Waals surface area contributed by atoms with E-state index < -0.39 is 82.4 Å². The van der Waals surface area contributed by atoms with Crippen molar-refractivity contribution in [2.75, 3.05) is 32.8 Å². The number of hydroxylamine groups is 3. The Morgan fingerprint density at radius 2 is 1.29 bits per heavy atom. The lowest BCUT2D eigenvalue weighted by molar-refractivity contribution is -1.08. The molecule has 0 spiro atoms. The number of nitrogens with zero attached hydrogens (tertiary/aromatic N) is 1. The summed E-state index contributed by atoms with van der Waals surface area (Å²) < 4.78 is 40.4. The van der Waals surface area contributed by atoms with E-state index in [-0.39, 0.29) is 24.3 Å². The number of aliphatic hydroxyl groups is 8. The van der Waals surface area contributed by atoms with Crippen LogP contribution >= 0.6 is 7.82 Å². The van der Waals surface area contributed by atoms with Gasteiger partial charge in [-0.15, -0.1) is 0 Å². The third-order valence-corrected chi connectivity index (χ3v) is 7.69. The molecule has 8 N–H and O–H groups in total. The van der Waals surface area contributed by atoms with Crippen LogP contribution in [0.3, 0.4) is 0 Å². The Kier molecular flexibility index (Phi) is 10.8. The largest absolute Gasteiger partial charge is 0.523 e. The highest BCUT2D eigenvalue weighted by Crippen LogP contribution is 2.56. The van der Waals surface area contributed by atoms with Crippen LogP contribution in [0.2, 0.25) is 0 Å². The van der Waals surface area contributed by atoms with Crippen LogP contribution in [-0.2, 0) is 27.7 Å². The third-order valence-electron chi connectivity index (χ3n) is 6.17. The van der Waals surface area contributed by atoms with Crippen LogP contribution in [0.4, 0.5) is 0 Å². The molecule has 2 unspecified atom stereocenters. The number of phosphoric acid groups is 1. The number of hydrogen-bond donors (Lipinski definition) is 8. The fourth-order valence-electron chi connectivity index (χ4n) is 3.75. The van der Waals surface area contributed by atoms with Gasteiger partial charge in [0, 0.05) is 0 Å². The summed E-state index contributed by atoms with van der Waals surface area (Å²) in [7, 11) is -4.91. The van der Waals surface area contributed by atoms with Crippen molar-refractivity contribution >= 4 is 7.82 Å². The Bertz CT molecular complexity index is 671. The van der Waals surface area contributed by atoms with Gasteiger partial charge in [0.05, 0.1) is 13.2 Å². The lowest BCUT2D eigenvalue weighted by Crippen LogP contribution is -2.60. The van der Waals surface area contributed by atoms with Gasteiger partial charge in [-0.05, 0) is 20.8 Å². The first kappa shape index (κ1) is 29.9. The molecule has 0 aromatic rings. The minimum absolute atomic E-state index is 0.271. The number of ether oxygens (including phenoxy) is 2. The van der Waals surface area contributed by atoms with Crippen LogP contribution in [0.25, 0.3) is 0 Å². The summed E-state index contributed by atoms with van der Waals surface area (Å²) >= 11 is 0. The van der Waals surface area contributed by atoms with E-state index in [0.29, 0.717) is 0 Å². The van der Waals surface area contributed by atoms with E-state index in [1.165, 1.54) is 0 Å². The summed E-state index contributed by atoms with van der Waals surface area (Å²) in [5.74, 6) is 0. The van der Waals surface area contributed by atoms with Crippen LogP contribution in [0, 0.1) is 0 Å². The quantitative estimate of drug-likeness (QED) is 0.0750. The van der Waals surface area contributed by atoms with Gasteiger partial charge >= 0.3 is 7.82 Å². The Morgan fingerprint density at radius 3 is 1.79 bits per heavy atom. The second kappa shape index (κ2) is 12.3. The molecule has 16 heteroatoms. The van der Waals surface area contributed by atoms with E-state index in [2.05, 4.69) is 0 Å². The second-order valence-corrected chi connectivity index (χ2v) is 9.62. The van der Waals surface area contributed by atoms with Gasteiger partial charge in [0.1, 0.15) is 68.5 Å². The van der Waals surface area contributed by atoms with Crippen LogP contribution in [-0.4, -0.2) is 140 Å². The van der Waals surface area contributed by atoms with Crippen molar-refractivity contribution in [3.63, 3.8) is 0 Å². The molecule has 2 aliphatic heterocycles. The van der Waals surface area contributed by atoms with Gasteiger partial charge < -0.3 is 50.3 Å². The summed E-state index contributed by atoms with van der Waals surface area (Å²) in [6, 6.07) is 0. The zero-order valence-corrected chi connectivity index (χ0v) is 20.1. The molecule has 15 nitrogen and oxygen atoms in total. The lowest BCUT2D eigenvalue weighted by atomic mass is 9.99. The molecule has 0 radical (unpaired) electrons. The maximum atomic E-state index is 13.9. The molecule has 0 aliphatic carbocycles. The van der Waals surface area contributed by atoms with Crippen molar-refractivity contribution in [3.8, 4) is 0 Å². The van der Waals surface area contributed by atoms with Crippen molar-refractivity contribution in [2.45, 2.75) is 82.2 Å². The molecule has 0 saturated carbocycles. The zero-order chi connectivity index (χ0) is 25.8. The van der Waals surface area contributed by atoms with Crippen LogP contribution < -0.4 is 0 Å². The average Bonchev–Trinajstić information content (AvgIpc) is 2.83. The molecule has 2 aliphatic rings. The van der Waals surface area contributed by atoms with Crippen molar-refractivity contribution in [2.24, 2.45) is 0 Å². The topological polar surface area (TPSA) is 225 Å². The molecule has 0 aromatic carbocycles. The fourth-order valence-corrected chi connectivity index (χ4v) is 5.63. The maximum absolute atomic E-state index is 13.9. The molecule has 2 fully saturated rings. The fraction of sp³-hybridized carbons (Fsp3) is 1.00. The Morgan fingerprint density at radius 1 is 0.735 bits per heavy atom. The first-order valence-corrected chi connectivity index (χ1v) is 12.5. The molecule has 0 amide bonds. The highest BCUT2D eigenvalue weighted by Gasteiger charge is 2.54. The summed E-state index contributed by atoms with van der Waals surface area (Å²) in [6.45, 7) is 4.39. The van der Waals surface area contributed by atoms with Crippen molar-refractivity contribution in [1.29, 1.82) is 0 Å². The predicted molar refractivity (Wildman–Crippen MR) is 110 cm³/mol. The molecule has 2 heterocycles. The van der Waals surface area contributed by atoms with E-state index in [1.807, 2.05) is 0 Å². The van der Waals surface area contributed by atoms with Crippen LogP contribution in [0.5, 0.6) is 0 Å². The second-order valence-electron chi connectivity index (χ2n) is 8.14. The van der Waals surface area contributed by atoms with Gasteiger partial charge in [0.25, 0.3) is 0 Å². The SMILES string of the molecule is CC[N+](CC)(CC)OP(=O)(O[C@H]1O[C@H](CO)[C@@H](O)[C@H](O)[C@H]1O)O[C@H]1[C@H](O)[C@@H](O)C(O)O[C@@H]1CO. The molecular weight excluding hydrogens is 485 g/mol. The van der Waals surface area contributed by atoms with Crippen LogP contribution in [0.1, 0.15) is 20.8 Å². The minimum Gasteiger partial charge on any atom is -0.394 e. The van der Waals surface area contributed by atoms with Gasteiger partial charge in [0.15, 0.2) is 12.6 Å². The molecule has 2 saturated heterocycles. The molecular formula is C18H37NO14P+. The van der Waals surface area contributed by atoms with Gasteiger partial charge in [0.2, 0.25) is 0 Å². The third kappa shape index (κ3) is 6.32. The van der Waals surface area contributed by atoms with E-state index in [1.54, 1.807) is 20.8 Å². The van der Waals surface area contributed by atoms with Crippen molar-refractivity contribution < 1.29 is 73.2 Å². The number of hydrogen-bond acceptors (Lipinski definition) is 14. The zero-order valence-electron chi connectivity index (χ0n) is 19.2. The molecule has 2 rings (SSSR count). The van der Waals surface area contributed by atoms with E-state index in [0.717, 1.165) is 0 Å². The van der Waals surface area contributed by atoms with E-state index in [9.17, 15) is 45.4 Å². The van der Waals surface area contributed by atoms with E-state index >= 15 is 0 Å². The van der Waals surface area contributed by atoms with Crippen molar-refractivity contribution in [1.82, 2.24) is 0 Å². The molecule has 0 aromatic heterocycles. The molecule has 11 atom stereocenters. The standard InChI is InChI=1S/C18H37NO14P/c1-4-19(5-2,6-3)33-34(28,31-16-10(8-21)29-17(27)14(25)13(16)24)32-18-15(26)12(23)11(22)9(7-20)30-18/h9-18,20-27H,4-8H2,1-3H3/q+1/t9-,10-,11-,12+,13-,14-,15-,16-,17?,18-,34?/m1/s1. The lowest BCUT2D eigenvalue weighted by Gasteiger charge is -2.43. The average molecular weight is 522 g/mol. The molecule has 0 bridgehead atoms. The number of phosphoric ester groups is 1. The highest BCUT2D eigenvalue weighted by molar-refractivity contribution is 7.48. The van der Waals surface area contributed by atoms with Gasteiger partial charge in [-0.2, -0.15) is 4.65 Å². The minimum atomic E-state index is -4.91. The molecule has 202 valence electrons. The van der Waals surface area contributed by atoms with Crippen LogP contribution in [0.15, 0.2) is 0 Å². The smallest absolute Gasteiger partial charge is 0.394 e. The van der Waals surface area contributed by atoms with Gasteiger partial charge in [-0.25, -0.2) is 4.57 Å². The number of aliphatic hydroxyl groups excluding tert-OH is 8. The Balaban J connectivity index is 2.41. The first-order valence-electron chi connectivity index (χ1n) is 11.1. The summed E-state index contributed by atoms with van der Waals surface area (Å²) in [5, 5.41) is 79.4. The number of quaternary nitrogens is 1. The monoisotopic (exact) mass is 522 g/mol. The molecule has 34 heavy (non-hydrogen) atoms. The van der Waals surface area contributed by atoms with Crippen molar-refractivity contribution in [3.05, 3.63) is 0 Å². The normalized spacial score (nSPS) is 41.3. The van der Waals surface area contributed by atoms with E-state index in [4.69, 9.17) is 23.1 Å². The van der Waals surface area contributed by atoms with Gasteiger partial charge in [-0.1, -0.05) is 4.62 Å².